The zero-order chi connectivity index (χ0) is 16.7. The third-order valence-corrected chi connectivity index (χ3v) is 4.21. The van der Waals surface area contributed by atoms with Crippen LogP contribution in [0.25, 0.3) is 0 Å². The number of hydrogen-bond donors (Lipinski definition) is 2. The Kier molecular flexibility index (Phi) is 8.79. The molecule has 6 heteroatoms. The molecule has 0 spiro atoms. The quantitative estimate of drug-likeness (QED) is 0.582. The summed E-state index contributed by atoms with van der Waals surface area (Å²) in [7, 11) is 0. The van der Waals surface area contributed by atoms with Gasteiger partial charge in [0.2, 0.25) is 5.91 Å². The van der Waals surface area contributed by atoms with E-state index in [9.17, 15) is 9.59 Å². The Bertz CT molecular complexity index is 526. The molecule has 1 fully saturated rings. The second-order valence-corrected chi connectivity index (χ2v) is 6.21. The summed E-state index contributed by atoms with van der Waals surface area (Å²) in [4.78, 5) is 23.1. The van der Waals surface area contributed by atoms with Crippen LogP contribution < -0.4 is 15.8 Å². The van der Waals surface area contributed by atoms with Gasteiger partial charge in [-0.05, 0) is 63.3 Å². The molecule has 0 bridgehead atoms. The molecule has 2 rings (SSSR count). The van der Waals surface area contributed by atoms with E-state index in [0.29, 0.717) is 31.1 Å². The van der Waals surface area contributed by atoms with Crippen LogP contribution in [-0.4, -0.2) is 30.4 Å². The van der Waals surface area contributed by atoms with Gasteiger partial charge in [0.05, 0.1) is 6.61 Å². The van der Waals surface area contributed by atoms with Crippen molar-refractivity contribution >= 4 is 24.1 Å². The van der Waals surface area contributed by atoms with Gasteiger partial charge in [0.1, 0.15) is 5.75 Å². The molecule has 0 heterocycles. The minimum absolute atomic E-state index is 0. The zero-order valence-electron chi connectivity index (χ0n) is 14.1. The van der Waals surface area contributed by atoms with E-state index in [1.54, 1.807) is 24.3 Å². The maximum atomic E-state index is 11.9. The van der Waals surface area contributed by atoms with Crippen LogP contribution in [0.2, 0.25) is 0 Å². The number of nitrogens with one attached hydrogen (secondary N) is 1. The first-order chi connectivity index (χ1) is 11.0. The first-order valence-corrected chi connectivity index (χ1v) is 8.33. The van der Waals surface area contributed by atoms with Gasteiger partial charge in [0.25, 0.3) is 0 Å². The van der Waals surface area contributed by atoms with Crippen LogP contribution in [-0.2, 0) is 4.79 Å². The van der Waals surface area contributed by atoms with Crippen molar-refractivity contribution in [2.24, 2.45) is 5.73 Å². The van der Waals surface area contributed by atoms with Crippen molar-refractivity contribution in [3.8, 4) is 5.75 Å². The highest BCUT2D eigenvalue weighted by molar-refractivity contribution is 5.94. The van der Waals surface area contributed by atoms with Crippen LogP contribution in [0.15, 0.2) is 24.3 Å². The van der Waals surface area contributed by atoms with Crippen LogP contribution in [0.1, 0.15) is 55.8 Å². The maximum Gasteiger partial charge on any atom is 0.220 e. The maximum absolute atomic E-state index is 11.9. The number of amides is 1. The number of benzene rings is 1. The van der Waals surface area contributed by atoms with E-state index in [-0.39, 0.29) is 30.1 Å². The summed E-state index contributed by atoms with van der Waals surface area (Å²) in [5.74, 6) is 0.842. The highest BCUT2D eigenvalue weighted by Crippen LogP contribution is 2.17. The molecule has 1 aliphatic rings. The van der Waals surface area contributed by atoms with Crippen LogP contribution in [0.5, 0.6) is 5.75 Å². The number of ether oxygens (including phenoxy) is 1. The number of Topliss-reactive ketones (excluding diaryl/α,β-unsaturated/α-hetero) is 1. The van der Waals surface area contributed by atoms with Crippen LogP contribution >= 0.6 is 12.4 Å². The third kappa shape index (κ3) is 6.89. The molecule has 0 radical (unpaired) electrons. The summed E-state index contributed by atoms with van der Waals surface area (Å²) in [6.07, 6.45) is 5.08. The SMILES string of the molecule is CC(=O)c1ccc(OCCCC(=O)NC2CCC(N)CC2)cc1.Cl. The first kappa shape index (κ1) is 20.5. The van der Waals surface area contributed by atoms with Crippen molar-refractivity contribution in [2.75, 3.05) is 6.61 Å². The highest BCUT2D eigenvalue weighted by atomic mass is 35.5. The summed E-state index contributed by atoms with van der Waals surface area (Å²) in [6.45, 7) is 2.02. The molecular weight excluding hydrogens is 328 g/mol. The number of halogens is 1. The Balaban J connectivity index is 0.00000288. The largest absolute Gasteiger partial charge is 0.494 e. The van der Waals surface area contributed by atoms with E-state index in [0.717, 1.165) is 31.4 Å². The summed E-state index contributed by atoms with van der Waals surface area (Å²) in [5, 5.41) is 3.07. The average Bonchev–Trinajstić information content (AvgIpc) is 2.54. The molecule has 3 N–H and O–H groups in total. The second kappa shape index (κ2) is 10.3. The number of hydrogen-bond acceptors (Lipinski definition) is 4. The summed E-state index contributed by atoms with van der Waals surface area (Å²) >= 11 is 0. The molecule has 0 aromatic heterocycles. The van der Waals surface area contributed by atoms with Gasteiger partial charge in [0, 0.05) is 24.1 Å². The molecule has 24 heavy (non-hydrogen) atoms. The fraction of sp³-hybridized carbons (Fsp3) is 0.556. The lowest BCUT2D eigenvalue weighted by Gasteiger charge is -2.26. The molecule has 134 valence electrons. The molecule has 0 saturated heterocycles. The fourth-order valence-electron chi connectivity index (χ4n) is 2.77. The molecule has 0 atom stereocenters. The van der Waals surface area contributed by atoms with E-state index in [1.165, 1.54) is 6.92 Å². The Morgan fingerprint density at radius 3 is 2.38 bits per heavy atom. The Hall–Kier alpha value is -1.59. The van der Waals surface area contributed by atoms with Crippen LogP contribution in [0, 0.1) is 0 Å². The van der Waals surface area contributed by atoms with Gasteiger partial charge in [-0.15, -0.1) is 12.4 Å². The number of nitrogens with two attached hydrogens (primary N) is 1. The Morgan fingerprint density at radius 2 is 1.79 bits per heavy atom. The highest BCUT2D eigenvalue weighted by Gasteiger charge is 2.19. The van der Waals surface area contributed by atoms with Gasteiger partial charge in [-0.25, -0.2) is 0 Å². The van der Waals surface area contributed by atoms with E-state index in [2.05, 4.69) is 5.32 Å². The zero-order valence-corrected chi connectivity index (χ0v) is 14.9. The van der Waals surface area contributed by atoms with Gasteiger partial charge >= 0.3 is 0 Å². The minimum Gasteiger partial charge on any atom is -0.494 e. The average molecular weight is 355 g/mol. The minimum atomic E-state index is 0. The Labute approximate surface area is 149 Å². The number of carbonyl (C=O) groups excluding carboxylic acids is 2. The smallest absolute Gasteiger partial charge is 0.220 e. The van der Waals surface area contributed by atoms with Gasteiger partial charge in [-0.3, -0.25) is 9.59 Å². The molecule has 1 aromatic rings. The van der Waals surface area contributed by atoms with Crippen molar-refractivity contribution in [2.45, 2.75) is 57.5 Å². The number of rotatable bonds is 7. The normalized spacial score (nSPS) is 19.9. The first-order valence-electron chi connectivity index (χ1n) is 8.33. The fourth-order valence-corrected chi connectivity index (χ4v) is 2.77. The number of carbonyl (C=O) groups is 2. The molecule has 1 aliphatic carbocycles. The van der Waals surface area contributed by atoms with Crippen molar-refractivity contribution in [1.82, 2.24) is 5.32 Å². The van der Waals surface area contributed by atoms with E-state index < -0.39 is 0 Å². The van der Waals surface area contributed by atoms with Crippen molar-refractivity contribution < 1.29 is 14.3 Å². The van der Waals surface area contributed by atoms with Crippen LogP contribution in [0.3, 0.4) is 0 Å². The molecule has 0 aliphatic heterocycles. The lowest BCUT2D eigenvalue weighted by Crippen LogP contribution is -2.40. The number of ketones is 1. The predicted molar refractivity (Wildman–Crippen MR) is 96.8 cm³/mol. The van der Waals surface area contributed by atoms with E-state index >= 15 is 0 Å². The molecule has 0 unspecified atom stereocenters. The van der Waals surface area contributed by atoms with Gasteiger partial charge in [-0.2, -0.15) is 0 Å². The summed E-state index contributed by atoms with van der Waals surface area (Å²) < 4.78 is 5.59. The van der Waals surface area contributed by atoms with Gasteiger partial charge < -0.3 is 15.8 Å². The van der Waals surface area contributed by atoms with Crippen molar-refractivity contribution in [3.63, 3.8) is 0 Å². The molecular formula is C18H27ClN2O3. The molecule has 5 nitrogen and oxygen atoms in total. The van der Waals surface area contributed by atoms with Gasteiger partial charge in [-0.1, -0.05) is 0 Å². The topological polar surface area (TPSA) is 81.4 Å². The third-order valence-electron chi connectivity index (χ3n) is 4.21. The summed E-state index contributed by atoms with van der Waals surface area (Å²) in [6, 6.07) is 7.63. The summed E-state index contributed by atoms with van der Waals surface area (Å²) in [5.41, 5.74) is 6.53. The van der Waals surface area contributed by atoms with E-state index in [4.69, 9.17) is 10.5 Å². The van der Waals surface area contributed by atoms with Crippen molar-refractivity contribution in [1.29, 1.82) is 0 Å². The molecule has 1 aromatic carbocycles. The standard InChI is InChI=1S/C18H26N2O3.ClH/c1-13(21)14-4-10-17(11-5-14)23-12-2-3-18(22)20-16-8-6-15(19)7-9-16;/h4-5,10-11,15-16H,2-3,6-9,12,19H2,1H3,(H,20,22);1H. The lowest BCUT2D eigenvalue weighted by molar-refractivity contribution is -0.122. The van der Waals surface area contributed by atoms with Crippen molar-refractivity contribution in [3.05, 3.63) is 29.8 Å². The van der Waals surface area contributed by atoms with Gasteiger partial charge in [0.15, 0.2) is 5.78 Å². The van der Waals surface area contributed by atoms with E-state index in [1.807, 2.05) is 0 Å². The monoisotopic (exact) mass is 354 g/mol. The van der Waals surface area contributed by atoms with Crippen LogP contribution in [0.4, 0.5) is 0 Å². The molecule has 1 saturated carbocycles. The molecule has 1 amide bonds. The predicted octanol–water partition coefficient (Wildman–Crippen LogP) is 2.86. The Morgan fingerprint density at radius 1 is 1.17 bits per heavy atom. The lowest BCUT2D eigenvalue weighted by atomic mass is 9.92. The second-order valence-electron chi connectivity index (χ2n) is 6.21.